The van der Waals surface area contributed by atoms with Gasteiger partial charge in [-0.15, -0.1) is 0 Å². The number of halogens is 1. The lowest BCUT2D eigenvalue weighted by molar-refractivity contribution is 0.627. The van der Waals surface area contributed by atoms with Crippen LogP contribution in [0.3, 0.4) is 0 Å². The summed E-state index contributed by atoms with van der Waals surface area (Å²) in [5, 5.41) is 0. The Balaban J connectivity index is 3.12. The van der Waals surface area contributed by atoms with E-state index in [1.165, 1.54) is 12.1 Å². The Hall–Kier alpha value is -1.38. The van der Waals surface area contributed by atoms with Crippen molar-refractivity contribution in [1.82, 2.24) is 0 Å². The van der Waals surface area contributed by atoms with Crippen LogP contribution in [0.4, 0.5) is 4.39 Å². The molecule has 0 saturated carbocycles. The van der Waals surface area contributed by atoms with E-state index in [9.17, 15) is 4.39 Å². The lowest BCUT2D eigenvalue weighted by Crippen LogP contribution is -2.17. The van der Waals surface area contributed by atoms with Crippen LogP contribution in [0.1, 0.15) is 25.0 Å². The number of aliphatic imine (C=N–C) groups is 1. The van der Waals surface area contributed by atoms with Gasteiger partial charge < -0.3 is 5.73 Å². The second kappa shape index (κ2) is 4.22. The zero-order valence-electron chi connectivity index (χ0n) is 8.71. The summed E-state index contributed by atoms with van der Waals surface area (Å²) in [6.07, 6.45) is 0. The molecule has 0 aliphatic carbocycles. The third kappa shape index (κ3) is 2.55. The average molecular weight is 194 g/mol. The van der Waals surface area contributed by atoms with E-state index in [0.717, 1.165) is 5.56 Å². The second-order valence-electron chi connectivity index (χ2n) is 3.57. The Kier molecular flexibility index (Phi) is 3.23. The Morgan fingerprint density at radius 2 is 2.07 bits per heavy atom. The monoisotopic (exact) mass is 194 g/mol. The van der Waals surface area contributed by atoms with Crippen molar-refractivity contribution >= 4 is 5.84 Å². The molecule has 0 spiro atoms. The summed E-state index contributed by atoms with van der Waals surface area (Å²) in [6, 6.07) is 4.66. The second-order valence-corrected chi connectivity index (χ2v) is 3.57. The molecule has 1 aromatic rings. The van der Waals surface area contributed by atoms with Crippen molar-refractivity contribution in [1.29, 1.82) is 0 Å². The minimum Gasteiger partial charge on any atom is -0.383 e. The molecule has 0 saturated heterocycles. The van der Waals surface area contributed by atoms with Crippen LogP contribution in [0, 0.1) is 12.7 Å². The third-order valence-electron chi connectivity index (χ3n) is 1.87. The zero-order chi connectivity index (χ0) is 10.7. The van der Waals surface area contributed by atoms with Crippen LogP contribution in [0.2, 0.25) is 0 Å². The van der Waals surface area contributed by atoms with E-state index in [0.29, 0.717) is 11.4 Å². The molecule has 0 amide bonds. The summed E-state index contributed by atoms with van der Waals surface area (Å²) in [6.45, 7) is 5.75. The van der Waals surface area contributed by atoms with Crippen molar-refractivity contribution in [3.05, 3.63) is 35.1 Å². The van der Waals surface area contributed by atoms with Crippen LogP contribution in [0.5, 0.6) is 0 Å². The lowest BCUT2D eigenvalue weighted by atomic mass is 10.1. The molecule has 0 fully saturated rings. The molecule has 2 N–H and O–H groups in total. The van der Waals surface area contributed by atoms with Crippen LogP contribution in [0.25, 0.3) is 0 Å². The lowest BCUT2D eigenvalue weighted by Gasteiger charge is -2.06. The third-order valence-corrected chi connectivity index (χ3v) is 1.87. The molecule has 0 aromatic heterocycles. The molecule has 0 aliphatic heterocycles. The predicted molar refractivity (Wildman–Crippen MR) is 57.0 cm³/mol. The Bertz CT molecular complexity index is 356. The molecule has 76 valence electrons. The number of amidine groups is 1. The van der Waals surface area contributed by atoms with Gasteiger partial charge >= 0.3 is 0 Å². The molecule has 0 atom stereocenters. The fourth-order valence-electron chi connectivity index (χ4n) is 1.22. The molecule has 0 bridgehead atoms. The molecule has 3 heteroatoms. The highest BCUT2D eigenvalue weighted by Crippen LogP contribution is 2.10. The fourth-order valence-corrected chi connectivity index (χ4v) is 1.22. The maximum atomic E-state index is 12.9. The van der Waals surface area contributed by atoms with Crippen LogP contribution in [-0.4, -0.2) is 11.9 Å². The van der Waals surface area contributed by atoms with E-state index in [1.807, 2.05) is 20.8 Å². The first kappa shape index (κ1) is 10.7. The normalized spacial score (nSPS) is 12.2. The quantitative estimate of drug-likeness (QED) is 0.569. The maximum absolute atomic E-state index is 12.9. The van der Waals surface area contributed by atoms with Crippen molar-refractivity contribution in [2.75, 3.05) is 0 Å². The average Bonchev–Trinajstić information content (AvgIpc) is 2.08. The highest BCUT2D eigenvalue weighted by molar-refractivity contribution is 5.98. The molecule has 0 heterocycles. The van der Waals surface area contributed by atoms with Crippen LogP contribution in [0.15, 0.2) is 23.2 Å². The smallest absolute Gasteiger partial charge is 0.126 e. The van der Waals surface area contributed by atoms with E-state index in [1.54, 1.807) is 6.07 Å². The van der Waals surface area contributed by atoms with Gasteiger partial charge in [-0.05, 0) is 38.5 Å². The van der Waals surface area contributed by atoms with Gasteiger partial charge in [-0.25, -0.2) is 4.39 Å². The van der Waals surface area contributed by atoms with Gasteiger partial charge in [0.25, 0.3) is 0 Å². The first-order chi connectivity index (χ1) is 6.50. The number of rotatable bonds is 2. The van der Waals surface area contributed by atoms with Crippen LogP contribution in [-0.2, 0) is 0 Å². The minimum absolute atomic E-state index is 0.123. The summed E-state index contributed by atoms with van der Waals surface area (Å²) in [4.78, 5) is 4.18. The summed E-state index contributed by atoms with van der Waals surface area (Å²) < 4.78 is 12.9. The van der Waals surface area contributed by atoms with Crippen molar-refractivity contribution < 1.29 is 4.39 Å². The maximum Gasteiger partial charge on any atom is 0.126 e. The highest BCUT2D eigenvalue weighted by Gasteiger charge is 2.04. The molecule has 0 aliphatic rings. The van der Waals surface area contributed by atoms with Gasteiger partial charge in [0, 0.05) is 11.6 Å². The molecule has 1 aromatic carbocycles. The topological polar surface area (TPSA) is 38.4 Å². The summed E-state index contributed by atoms with van der Waals surface area (Å²) in [7, 11) is 0. The van der Waals surface area contributed by atoms with E-state index < -0.39 is 0 Å². The fraction of sp³-hybridized carbons (Fsp3) is 0.364. The standard InChI is InChI=1S/C11H15FN2/c1-7(2)14-11(13)10-6-9(12)5-4-8(10)3/h4-7H,1-3H3,(H2,13,14). The number of hydrogen-bond acceptors (Lipinski definition) is 1. The van der Waals surface area contributed by atoms with Gasteiger partial charge in [0.1, 0.15) is 11.7 Å². The van der Waals surface area contributed by atoms with E-state index in [4.69, 9.17) is 5.73 Å². The van der Waals surface area contributed by atoms with Gasteiger partial charge in [-0.2, -0.15) is 0 Å². The molecule has 0 unspecified atom stereocenters. The van der Waals surface area contributed by atoms with E-state index in [-0.39, 0.29) is 11.9 Å². The first-order valence-electron chi connectivity index (χ1n) is 4.60. The molecule has 14 heavy (non-hydrogen) atoms. The number of benzene rings is 1. The Morgan fingerprint density at radius 1 is 1.43 bits per heavy atom. The van der Waals surface area contributed by atoms with E-state index >= 15 is 0 Å². The Morgan fingerprint density at radius 3 is 2.64 bits per heavy atom. The number of hydrogen-bond donors (Lipinski definition) is 1. The summed E-state index contributed by atoms with van der Waals surface area (Å²) in [5.74, 6) is 0.115. The molecular weight excluding hydrogens is 179 g/mol. The molecule has 1 rings (SSSR count). The molecule has 0 radical (unpaired) electrons. The van der Waals surface area contributed by atoms with Crippen LogP contribution < -0.4 is 5.73 Å². The van der Waals surface area contributed by atoms with Gasteiger partial charge in [-0.1, -0.05) is 6.07 Å². The SMILES string of the molecule is Cc1ccc(F)cc1C(N)=NC(C)C. The summed E-state index contributed by atoms with van der Waals surface area (Å²) >= 11 is 0. The van der Waals surface area contributed by atoms with Crippen molar-refractivity contribution in [3.8, 4) is 0 Å². The van der Waals surface area contributed by atoms with Gasteiger partial charge in [0.15, 0.2) is 0 Å². The van der Waals surface area contributed by atoms with Crippen LogP contribution >= 0.6 is 0 Å². The summed E-state index contributed by atoms with van der Waals surface area (Å²) in [5.41, 5.74) is 7.37. The number of nitrogens with two attached hydrogens (primary N) is 1. The van der Waals surface area contributed by atoms with Gasteiger partial charge in [0.05, 0.1) is 0 Å². The van der Waals surface area contributed by atoms with Gasteiger partial charge in [-0.3, -0.25) is 4.99 Å². The highest BCUT2D eigenvalue weighted by atomic mass is 19.1. The number of nitrogens with zero attached hydrogens (tertiary/aromatic N) is 1. The predicted octanol–water partition coefficient (Wildman–Crippen LogP) is 2.25. The zero-order valence-corrected chi connectivity index (χ0v) is 8.71. The van der Waals surface area contributed by atoms with E-state index in [2.05, 4.69) is 4.99 Å². The number of aryl methyl sites for hydroxylation is 1. The minimum atomic E-state index is -0.285. The van der Waals surface area contributed by atoms with Gasteiger partial charge in [0.2, 0.25) is 0 Å². The van der Waals surface area contributed by atoms with Crippen molar-refractivity contribution in [3.63, 3.8) is 0 Å². The van der Waals surface area contributed by atoms with Crippen molar-refractivity contribution in [2.45, 2.75) is 26.8 Å². The molecular formula is C11H15FN2. The molecule has 2 nitrogen and oxygen atoms in total. The van der Waals surface area contributed by atoms with Crippen molar-refractivity contribution in [2.24, 2.45) is 10.7 Å². The largest absolute Gasteiger partial charge is 0.383 e. The first-order valence-corrected chi connectivity index (χ1v) is 4.60. The Labute approximate surface area is 83.7 Å².